The van der Waals surface area contributed by atoms with Gasteiger partial charge in [-0.05, 0) is 38.3 Å². The molecule has 1 N–H and O–H groups in total. The van der Waals surface area contributed by atoms with E-state index in [0.717, 1.165) is 6.54 Å². The predicted octanol–water partition coefficient (Wildman–Crippen LogP) is 3.32. The molecule has 0 spiro atoms. The number of nitrogens with one attached hydrogen (secondary N) is 1. The Bertz CT molecular complexity index is 261. The van der Waals surface area contributed by atoms with E-state index in [4.69, 9.17) is 0 Å². The molecule has 1 aromatic rings. The SMILES string of the molecule is Cc1ccc(CCCCNC(C)C)cc1. The standard InChI is InChI=1S/C14H23N/c1-12(2)15-11-5-4-6-14-9-7-13(3)8-10-14/h7-10,12,15H,4-6,11H2,1-3H3. The summed E-state index contributed by atoms with van der Waals surface area (Å²) >= 11 is 0. The van der Waals surface area contributed by atoms with Crippen molar-refractivity contribution in [2.75, 3.05) is 6.54 Å². The summed E-state index contributed by atoms with van der Waals surface area (Å²) in [6, 6.07) is 9.49. The molecule has 0 unspecified atom stereocenters. The first-order chi connectivity index (χ1) is 7.18. The van der Waals surface area contributed by atoms with Crippen LogP contribution in [0, 0.1) is 6.92 Å². The molecule has 1 aromatic carbocycles. The number of rotatable bonds is 6. The van der Waals surface area contributed by atoms with Crippen LogP contribution in [0.25, 0.3) is 0 Å². The van der Waals surface area contributed by atoms with E-state index in [-0.39, 0.29) is 0 Å². The van der Waals surface area contributed by atoms with Crippen LogP contribution in [0.5, 0.6) is 0 Å². The molecule has 1 heteroatoms. The molecule has 0 radical (unpaired) electrons. The Morgan fingerprint density at radius 3 is 2.33 bits per heavy atom. The van der Waals surface area contributed by atoms with Gasteiger partial charge in [-0.15, -0.1) is 0 Å². The predicted molar refractivity (Wildman–Crippen MR) is 67.3 cm³/mol. The minimum Gasteiger partial charge on any atom is -0.315 e. The van der Waals surface area contributed by atoms with E-state index in [1.807, 2.05) is 0 Å². The van der Waals surface area contributed by atoms with Gasteiger partial charge in [-0.2, -0.15) is 0 Å². The van der Waals surface area contributed by atoms with E-state index in [0.29, 0.717) is 6.04 Å². The summed E-state index contributed by atoms with van der Waals surface area (Å²) in [6.45, 7) is 7.67. The largest absolute Gasteiger partial charge is 0.315 e. The van der Waals surface area contributed by atoms with Gasteiger partial charge in [0, 0.05) is 6.04 Å². The Labute approximate surface area is 93.9 Å². The van der Waals surface area contributed by atoms with Crippen LogP contribution in [-0.4, -0.2) is 12.6 Å². The number of unbranched alkanes of at least 4 members (excludes halogenated alkanes) is 1. The number of aryl methyl sites for hydroxylation is 2. The molecule has 0 fully saturated rings. The molecule has 1 rings (SSSR count). The average molecular weight is 205 g/mol. The van der Waals surface area contributed by atoms with Gasteiger partial charge >= 0.3 is 0 Å². The monoisotopic (exact) mass is 205 g/mol. The highest BCUT2D eigenvalue weighted by molar-refractivity contribution is 5.21. The molecule has 15 heavy (non-hydrogen) atoms. The Morgan fingerprint density at radius 2 is 1.73 bits per heavy atom. The Balaban J connectivity index is 2.12. The first-order valence-electron chi connectivity index (χ1n) is 5.97. The lowest BCUT2D eigenvalue weighted by Crippen LogP contribution is -2.23. The first kappa shape index (κ1) is 12.3. The normalized spacial score (nSPS) is 10.9. The van der Waals surface area contributed by atoms with Crippen molar-refractivity contribution in [1.82, 2.24) is 5.32 Å². The topological polar surface area (TPSA) is 12.0 Å². The zero-order valence-electron chi connectivity index (χ0n) is 10.2. The van der Waals surface area contributed by atoms with Crippen molar-refractivity contribution in [2.24, 2.45) is 0 Å². The lowest BCUT2D eigenvalue weighted by Gasteiger charge is -2.07. The van der Waals surface area contributed by atoms with Crippen molar-refractivity contribution < 1.29 is 0 Å². The van der Waals surface area contributed by atoms with Crippen LogP contribution in [0.2, 0.25) is 0 Å². The third kappa shape index (κ3) is 5.58. The molecule has 0 amide bonds. The Kier molecular flexibility index (Phi) is 5.41. The maximum Gasteiger partial charge on any atom is 0.00103 e. The van der Waals surface area contributed by atoms with Crippen molar-refractivity contribution in [1.29, 1.82) is 0 Å². The van der Waals surface area contributed by atoms with Crippen LogP contribution >= 0.6 is 0 Å². The van der Waals surface area contributed by atoms with Crippen molar-refractivity contribution >= 4 is 0 Å². The van der Waals surface area contributed by atoms with E-state index in [1.54, 1.807) is 0 Å². The maximum absolute atomic E-state index is 3.44. The van der Waals surface area contributed by atoms with Gasteiger partial charge in [0.05, 0.1) is 0 Å². The number of hydrogen-bond acceptors (Lipinski definition) is 1. The molecule has 0 saturated heterocycles. The molecule has 0 aromatic heterocycles. The molecule has 0 bridgehead atoms. The fourth-order valence-electron chi connectivity index (χ4n) is 1.60. The second kappa shape index (κ2) is 6.62. The van der Waals surface area contributed by atoms with Gasteiger partial charge in [0.25, 0.3) is 0 Å². The fraction of sp³-hybridized carbons (Fsp3) is 0.571. The number of hydrogen-bond donors (Lipinski definition) is 1. The molecular weight excluding hydrogens is 182 g/mol. The van der Waals surface area contributed by atoms with Gasteiger partial charge in [0.2, 0.25) is 0 Å². The zero-order valence-corrected chi connectivity index (χ0v) is 10.2. The summed E-state index contributed by atoms with van der Waals surface area (Å²) in [5.74, 6) is 0. The lowest BCUT2D eigenvalue weighted by molar-refractivity contribution is 0.557. The van der Waals surface area contributed by atoms with Gasteiger partial charge in [-0.1, -0.05) is 43.7 Å². The average Bonchev–Trinajstić information content (AvgIpc) is 2.20. The highest BCUT2D eigenvalue weighted by atomic mass is 14.9. The van der Waals surface area contributed by atoms with Crippen LogP contribution in [0.4, 0.5) is 0 Å². The van der Waals surface area contributed by atoms with E-state index in [2.05, 4.69) is 50.4 Å². The molecule has 0 heterocycles. The first-order valence-corrected chi connectivity index (χ1v) is 5.97. The van der Waals surface area contributed by atoms with E-state index >= 15 is 0 Å². The molecular formula is C14H23N. The van der Waals surface area contributed by atoms with Crippen LogP contribution < -0.4 is 5.32 Å². The van der Waals surface area contributed by atoms with Gasteiger partial charge in [-0.3, -0.25) is 0 Å². The van der Waals surface area contributed by atoms with Gasteiger partial charge < -0.3 is 5.32 Å². The third-order valence-corrected chi connectivity index (χ3v) is 2.57. The van der Waals surface area contributed by atoms with Crippen molar-refractivity contribution in [2.45, 2.75) is 46.1 Å². The van der Waals surface area contributed by atoms with Crippen molar-refractivity contribution in [3.8, 4) is 0 Å². The van der Waals surface area contributed by atoms with Crippen LogP contribution in [-0.2, 0) is 6.42 Å². The second-order valence-corrected chi connectivity index (χ2v) is 4.55. The smallest absolute Gasteiger partial charge is 0.00103 e. The third-order valence-electron chi connectivity index (χ3n) is 2.57. The molecule has 84 valence electrons. The summed E-state index contributed by atoms with van der Waals surface area (Å²) in [5, 5.41) is 3.44. The molecule has 0 aliphatic rings. The summed E-state index contributed by atoms with van der Waals surface area (Å²) < 4.78 is 0. The van der Waals surface area contributed by atoms with Crippen LogP contribution in [0.1, 0.15) is 37.8 Å². The lowest BCUT2D eigenvalue weighted by atomic mass is 10.1. The Hall–Kier alpha value is -0.820. The second-order valence-electron chi connectivity index (χ2n) is 4.55. The summed E-state index contributed by atoms with van der Waals surface area (Å²) in [4.78, 5) is 0. The van der Waals surface area contributed by atoms with Gasteiger partial charge in [0.15, 0.2) is 0 Å². The zero-order chi connectivity index (χ0) is 11.1. The van der Waals surface area contributed by atoms with Gasteiger partial charge in [0.1, 0.15) is 0 Å². The van der Waals surface area contributed by atoms with Crippen LogP contribution in [0.15, 0.2) is 24.3 Å². The van der Waals surface area contributed by atoms with E-state index in [9.17, 15) is 0 Å². The molecule has 1 nitrogen and oxygen atoms in total. The number of benzene rings is 1. The summed E-state index contributed by atoms with van der Waals surface area (Å²) in [5.41, 5.74) is 2.81. The molecule has 0 atom stereocenters. The minimum absolute atomic E-state index is 0.615. The highest BCUT2D eigenvalue weighted by Crippen LogP contribution is 2.06. The molecule has 0 saturated carbocycles. The van der Waals surface area contributed by atoms with E-state index in [1.165, 1.54) is 30.4 Å². The minimum atomic E-state index is 0.615. The van der Waals surface area contributed by atoms with Crippen LogP contribution in [0.3, 0.4) is 0 Å². The van der Waals surface area contributed by atoms with Gasteiger partial charge in [-0.25, -0.2) is 0 Å². The Morgan fingerprint density at radius 1 is 1.07 bits per heavy atom. The van der Waals surface area contributed by atoms with Crippen molar-refractivity contribution in [3.63, 3.8) is 0 Å². The summed E-state index contributed by atoms with van der Waals surface area (Å²) in [6.07, 6.45) is 3.76. The van der Waals surface area contributed by atoms with Crippen molar-refractivity contribution in [3.05, 3.63) is 35.4 Å². The summed E-state index contributed by atoms with van der Waals surface area (Å²) in [7, 11) is 0. The fourth-order valence-corrected chi connectivity index (χ4v) is 1.60. The highest BCUT2D eigenvalue weighted by Gasteiger charge is 1.94. The maximum atomic E-state index is 3.44. The van der Waals surface area contributed by atoms with E-state index < -0.39 is 0 Å². The molecule has 0 aliphatic carbocycles. The molecule has 0 aliphatic heterocycles. The quantitative estimate of drug-likeness (QED) is 0.703.